The molecule has 0 atom stereocenters. The molecule has 62 heavy (non-hydrogen) atoms. The van der Waals surface area contributed by atoms with Gasteiger partial charge in [-0.3, -0.25) is 0 Å². The van der Waals surface area contributed by atoms with Gasteiger partial charge in [0.1, 0.15) is 11.2 Å². The third-order valence-corrected chi connectivity index (χ3v) is 12.4. The van der Waals surface area contributed by atoms with Crippen molar-refractivity contribution in [2.45, 2.75) is 0 Å². The summed E-state index contributed by atoms with van der Waals surface area (Å²) in [5.41, 5.74) is 14.2. The molecule has 2 nitrogen and oxygen atoms in total. The van der Waals surface area contributed by atoms with E-state index in [9.17, 15) is 0 Å². The van der Waals surface area contributed by atoms with Crippen molar-refractivity contribution in [3.63, 3.8) is 0 Å². The number of rotatable bonds is 7. The fourth-order valence-corrected chi connectivity index (χ4v) is 9.62. The van der Waals surface area contributed by atoms with Crippen molar-refractivity contribution < 1.29 is 4.42 Å². The summed E-state index contributed by atoms with van der Waals surface area (Å²) in [6.07, 6.45) is 0. The molecular formula is C60H39NO. The second kappa shape index (κ2) is 14.8. The van der Waals surface area contributed by atoms with Crippen molar-refractivity contribution >= 4 is 71.3 Å². The van der Waals surface area contributed by atoms with Crippen molar-refractivity contribution in [3.05, 3.63) is 237 Å². The number of nitrogens with zero attached hydrogens (tertiary/aromatic N) is 1. The van der Waals surface area contributed by atoms with E-state index in [-0.39, 0.29) is 0 Å². The Morgan fingerprint density at radius 1 is 0.290 bits per heavy atom. The Morgan fingerprint density at radius 2 is 0.823 bits per heavy atom. The predicted octanol–water partition coefficient (Wildman–Crippen LogP) is 17.2. The maximum absolute atomic E-state index is 6.96. The standard InChI is InChI=1S/C60H39NO/c1-2-17-40(18-3-1)47-26-8-9-28-49(47)42-22-14-24-45(37-42)61(46-25-15-23-43(38-46)56-39-44-20-5-7-29-50(44)51-30-10-11-31-53(51)56)57-36-35-54(52-33-16-21-41-19-4-6-27-48(41)52)60-59(57)55-32-12-13-34-58(55)62-60/h1-39H. The lowest BCUT2D eigenvalue weighted by Crippen LogP contribution is -2.11. The third kappa shape index (κ3) is 5.96. The maximum atomic E-state index is 6.96. The number of hydrogen-bond acceptors (Lipinski definition) is 2. The number of para-hydroxylation sites is 1. The highest BCUT2D eigenvalue weighted by Gasteiger charge is 2.24. The van der Waals surface area contributed by atoms with Gasteiger partial charge >= 0.3 is 0 Å². The number of hydrogen-bond donors (Lipinski definition) is 0. The zero-order valence-electron chi connectivity index (χ0n) is 33.9. The molecule has 1 aromatic heterocycles. The van der Waals surface area contributed by atoms with Crippen LogP contribution in [0.15, 0.2) is 241 Å². The van der Waals surface area contributed by atoms with Gasteiger partial charge < -0.3 is 9.32 Å². The Kier molecular flexibility index (Phi) is 8.53. The molecule has 11 aromatic carbocycles. The normalized spacial score (nSPS) is 11.5. The summed E-state index contributed by atoms with van der Waals surface area (Å²) >= 11 is 0. The first-order chi connectivity index (χ1) is 30.8. The van der Waals surface area contributed by atoms with Gasteiger partial charge in [-0.2, -0.15) is 0 Å². The summed E-state index contributed by atoms with van der Waals surface area (Å²) < 4.78 is 6.96. The summed E-state index contributed by atoms with van der Waals surface area (Å²) in [5.74, 6) is 0. The van der Waals surface area contributed by atoms with E-state index in [2.05, 4.69) is 241 Å². The summed E-state index contributed by atoms with van der Waals surface area (Å²) in [4.78, 5) is 2.43. The van der Waals surface area contributed by atoms with Gasteiger partial charge in [0.2, 0.25) is 0 Å². The molecule has 0 bridgehead atoms. The molecule has 12 aromatic rings. The van der Waals surface area contributed by atoms with Crippen LogP contribution in [0.1, 0.15) is 0 Å². The van der Waals surface area contributed by atoms with Crippen LogP contribution in [0.25, 0.3) is 98.8 Å². The van der Waals surface area contributed by atoms with Crippen molar-refractivity contribution in [3.8, 4) is 44.5 Å². The maximum Gasteiger partial charge on any atom is 0.145 e. The SMILES string of the molecule is c1ccc(-c2ccccc2-c2cccc(N(c3cccc(-c4cc5ccccc5c5ccccc45)c3)c3ccc(-c4cccc5ccccc45)c4oc5ccccc5c34)c2)cc1. The van der Waals surface area contributed by atoms with E-state index in [1.165, 1.54) is 54.6 Å². The molecule has 12 rings (SSSR count). The molecule has 290 valence electrons. The van der Waals surface area contributed by atoms with E-state index >= 15 is 0 Å². The number of anilines is 3. The average Bonchev–Trinajstić information content (AvgIpc) is 3.74. The molecule has 0 radical (unpaired) electrons. The molecule has 0 saturated carbocycles. The largest absolute Gasteiger partial charge is 0.455 e. The number of benzene rings is 11. The molecule has 0 spiro atoms. The van der Waals surface area contributed by atoms with Crippen LogP contribution in [-0.4, -0.2) is 0 Å². The smallest absolute Gasteiger partial charge is 0.145 e. The van der Waals surface area contributed by atoms with E-state index in [0.29, 0.717) is 0 Å². The summed E-state index contributed by atoms with van der Waals surface area (Å²) in [6.45, 7) is 0. The highest BCUT2D eigenvalue weighted by molar-refractivity contribution is 6.19. The first-order valence-electron chi connectivity index (χ1n) is 21.3. The van der Waals surface area contributed by atoms with Crippen LogP contribution < -0.4 is 4.90 Å². The van der Waals surface area contributed by atoms with E-state index < -0.39 is 0 Å². The van der Waals surface area contributed by atoms with Crippen molar-refractivity contribution in [2.24, 2.45) is 0 Å². The predicted molar refractivity (Wildman–Crippen MR) is 263 cm³/mol. The Hall–Kier alpha value is -8.20. The van der Waals surface area contributed by atoms with Crippen LogP contribution in [0.4, 0.5) is 17.1 Å². The first-order valence-corrected chi connectivity index (χ1v) is 21.3. The fraction of sp³-hybridized carbons (Fsp3) is 0. The molecule has 0 fully saturated rings. The van der Waals surface area contributed by atoms with Gasteiger partial charge in [-0.1, -0.05) is 188 Å². The van der Waals surface area contributed by atoms with Crippen LogP contribution in [0, 0.1) is 0 Å². The first kappa shape index (κ1) is 35.7. The van der Waals surface area contributed by atoms with Gasteiger partial charge in [0.25, 0.3) is 0 Å². The van der Waals surface area contributed by atoms with Gasteiger partial charge in [0.15, 0.2) is 0 Å². The third-order valence-electron chi connectivity index (χ3n) is 12.4. The Balaban J connectivity index is 1.12. The molecule has 0 aliphatic carbocycles. The van der Waals surface area contributed by atoms with Crippen LogP contribution in [0.3, 0.4) is 0 Å². The van der Waals surface area contributed by atoms with Gasteiger partial charge in [-0.05, 0) is 120 Å². The quantitative estimate of drug-likeness (QED) is 0.150. The monoisotopic (exact) mass is 789 g/mol. The molecular weight excluding hydrogens is 751 g/mol. The van der Waals surface area contributed by atoms with Crippen LogP contribution >= 0.6 is 0 Å². The molecule has 0 unspecified atom stereocenters. The van der Waals surface area contributed by atoms with E-state index in [4.69, 9.17) is 4.42 Å². The zero-order chi connectivity index (χ0) is 41.0. The Labute approximate surface area is 360 Å². The van der Waals surface area contributed by atoms with E-state index in [1.807, 2.05) is 0 Å². The van der Waals surface area contributed by atoms with Crippen molar-refractivity contribution in [2.75, 3.05) is 4.90 Å². The van der Waals surface area contributed by atoms with Crippen LogP contribution in [0.2, 0.25) is 0 Å². The topological polar surface area (TPSA) is 16.4 Å². The molecule has 0 aliphatic heterocycles. The molecule has 0 saturated heterocycles. The minimum atomic E-state index is 0.860. The van der Waals surface area contributed by atoms with Gasteiger partial charge in [-0.25, -0.2) is 0 Å². The Bertz CT molecular complexity index is 3650. The van der Waals surface area contributed by atoms with Crippen molar-refractivity contribution in [1.29, 1.82) is 0 Å². The lowest BCUT2D eigenvalue weighted by molar-refractivity contribution is 0.670. The lowest BCUT2D eigenvalue weighted by Gasteiger charge is -2.28. The second-order valence-corrected chi connectivity index (χ2v) is 16.0. The number of fused-ring (bicyclic) bond motifs is 7. The highest BCUT2D eigenvalue weighted by atomic mass is 16.3. The molecule has 2 heteroatoms. The average molecular weight is 790 g/mol. The highest BCUT2D eigenvalue weighted by Crippen LogP contribution is 2.48. The minimum Gasteiger partial charge on any atom is -0.455 e. The molecule has 0 amide bonds. The van der Waals surface area contributed by atoms with Gasteiger partial charge in [0, 0.05) is 22.3 Å². The summed E-state index contributed by atoms with van der Waals surface area (Å²) in [7, 11) is 0. The molecule has 0 aliphatic rings. The summed E-state index contributed by atoms with van der Waals surface area (Å²) in [5, 5.41) is 9.52. The zero-order valence-corrected chi connectivity index (χ0v) is 33.9. The Morgan fingerprint density at radius 3 is 1.60 bits per heavy atom. The minimum absolute atomic E-state index is 0.860. The van der Waals surface area contributed by atoms with E-state index in [1.54, 1.807) is 0 Å². The number of furan rings is 1. The van der Waals surface area contributed by atoms with Crippen LogP contribution in [0.5, 0.6) is 0 Å². The van der Waals surface area contributed by atoms with E-state index in [0.717, 1.165) is 61.3 Å². The van der Waals surface area contributed by atoms with Gasteiger partial charge in [0.05, 0.1) is 11.1 Å². The molecule has 1 heterocycles. The second-order valence-electron chi connectivity index (χ2n) is 16.0. The molecule has 0 N–H and O–H groups in total. The lowest BCUT2D eigenvalue weighted by atomic mass is 9.92. The fourth-order valence-electron chi connectivity index (χ4n) is 9.62. The van der Waals surface area contributed by atoms with Crippen LogP contribution in [-0.2, 0) is 0 Å². The van der Waals surface area contributed by atoms with Crippen molar-refractivity contribution in [1.82, 2.24) is 0 Å². The van der Waals surface area contributed by atoms with Gasteiger partial charge in [-0.15, -0.1) is 0 Å². The summed E-state index contributed by atoms with van der Waals surface area (Å²) in [6, 6.07) is 85.4.